The summed E-state index contributed by atoms with van der Waals surface area (Å²) in [7, 11) is 0. The molecule has 6 nitrogen and oxygen atoms in total. The van der Waals surface area contributed by atoms with Crippen LogP contribution >= 0.6 is 22.6 Å². The molecule has 0 aromatic heterocycles. The Morgan fingerprint density at radius 3 is 2.52 bits per heavy atom. The summed E-state index contributed by atoms with van der Waals surface area (Å²) < 4.78 is 14.5. The van der Waals surface area contributed by atoms with Crippen molar-refractivity contribution in [3.63, 3.8) is 0 Å². The molecule has 0 atom stereocenters. The highest BCUT2D eigenvalue weighted by Gasteiger charge is 2.22. The molecule has 0 heterocycles. The molecule has 21 heavy (non-hydrogen) atoms. The third kappa shape index (κ3) is 3.27. The number of carboxylic acids is 1. The number of nitrogens with zero attached hydrogens (tertiary/aromatic N) is 1. The maximum absolute atomic E-state index is 13.7. The van der Waals surface area contributed by atoms with E-state index in [1.807, 2.05) is 22.6 Å². The first-order chi connectivity index (χ1) is 9.90. The molecule has 0 aliphatic carbocycles. The highest BCUT2D eigenvalue weighted by molar-refractivity contribution is 14.1. The molecule has 2 aromatic carbocycles. The molecular weight excluding hydrogens is 394 g/mol. The molecule has 2 rings (SSSR count). The Balaban J connectivity index is 2.53. The first-order valence-corrected chi connectivity index (χ1v) is 6.71. The number of anilines is 2. The Labute approximate surface area is 131 Å². The van der Waals surface area contributed by atoms with E-state index in [-0.39, 0.29) is 5.69 Å². The smallest absolute Gasteiger partial charge is 0.338 e. The largest absolute Gasteiger partial charge is 0.478 e. The van der Waals surface area contributed by atoms with Gasteiger partial charge in [0.05, 0.1) is 10.6 Å². The summed E-state index contributed by atoms with van der Waals surface area (Å²) in [6, 6.07) is 8.47. The monoisotopic (exact) mass is 402 g/mol. The van der Waals surface area contributed by atoms with Crippen molar-refractivity contribution in [3.8, 4) is 0 Å². The number of nitro benzene ring substituents is 1. The van der Waals surface area contributed by atoms with Crippen molar-refractivity contribution >= 4 is 45.6 Å². The van der Waals surface area contributed by atoms with Crippen LogP contribution < -0.4 is 5.32 Å². The molecule has 0 bridgehead atoms. The summed E-state index contributed by atoms with van der Waals surface area (Å²) in [6.45, 7) is 0. The van der Waals surface area contributed by atoms with E-state index in [9.17, 15) is 19.3 Å². The quantitative estimate of drug-likeness (QED) is 0.462. The third-order valence-electron chi connectivity index (χ3n) is 2.66. The van der Waals surface area contributed by atoms with Crippen LogP contribution in [-0.4, -0.2) is 16.0 Å². The fourth-order valence-corrected chi connectivity index (χ4v) is 2.21. The molecule has 0 aliphatic rings. The van der Waals surface area contributed by atoms with Gasteiger partial charge >= 0.3 is 5.97 Å². The van der Waals surface area contributed by atoms with Gasteiger partial charge in [0.1, 0.15) is 17.1 Å². The molecule has 0 saturated heterocycles. The van der Waals surface area contributed by atoms with Crippen LogP contribution in [0.3, 0.4) is 0 Å². The topological polar surface area (TPSA) is 92.5 Å². The normalized spacial score (nSPS) is 10.2. The SMILES string of the molecule is O=C(O)c1cc([N+](=O)[O-])c(Nc2ccccc2I)cc1F. The number of halogens is 2. The number of carboxylic acid groups (broad SMARTS) is 1. The van der Waals surface area contributed by atoms with Gasteiger partial charge in [0.15, 0.2) is 0 Å². The van der Waals surface area contributed by atoms with Crippen LogP contribution in [0, 0.1) is 19.5 Å². The lowest BCUT2D eigenvalue weighted by Crippen LogP contribution is -2.05. The van der Waals surface area contributed by atoms with Gasteiger partial charge in [-0.2, -0.15) is 0 Å². The minimum atomic E-state index is -1.56. The van der Waals surface area contributed by atoms with Crippen LogP contribution in [0.1, 0.15) is 10.4 Å². The zero-order valence-corrected chi connectivity index (χ0v) is 12.5. The molecule has 108 valence electrons. The van der Waals surface area contributed by atoms with Gasteiger partial charge in [-0.15, -0.1) is 0 Å². The highest BCUT2D eigenvalue weighted by Crippen LogP contribution is 2.32. The van der Waals surface area contributed by atoms with E-state index in [4.69, 9.17) is 5.11 Å². The number of benzene rings is 2. The van der Waals surface area contributed by atoms with Gasteiger partial charge < -0.3 is 10.4 Å². The number of hydrogen-bond donors (Lipinski definition) is 2. The Hall–Kier alpha value is -2.23. The average molecular weight is 402 g/mol. The van der Waals surface area contributed by atoms with Crippen LogP contribution in [0.25, 0.3) is 0 Å². The highest BCUT2D eigenvalue weighted by atomic mass is 127. The first kappa shape index (κ1) is 15.2. The van der Waals surface area contributed by atoms with Crippen molar-refractivity contribution in [1.29, 1.82) is 0 Å². The lowest BCUT2D eigenvalue weighted by Gasteiger charge is -2.10. The fraction of sp³-hybridized carbons (Fsp3) is 0. The van der Waals surface area contributed by atoms with Gasteiger partial charge in [-0.25, -0.2) is 9.18 Å². The summed E-state index contributed by atoms with van der Waals surface area (Å²) in [6.07, 6.45) is 0. The maximum atomic E-state index is 13.7. The number of rotatable bonds is 4. The van der Waals surface area contributed by atoms with E-state index in [1.54, 1.807) is 24.3 Å². The molecule has 0 fully saturated rings. The average Bonchev–Trinajstić information content (AvgIpc) is 2.40. The second-order valence-corrected chi connectivity index (χ2v) is 5.18. The van der Waals surface area contributed by atoms with E-state index < -0.39 is 28.0 Å². The van der Waals surface area contributed by atoms with Crippen molar-refractivity contribution in [3.05, 3.63) is 61.5 Å². The number of nitro groups is 1. The minimum Gasteiger partial charge on any atom is -0.478 e. The zero-order valence-electron chi connectivity index (χ0n) is 10.3. The van der Waals surface area contributed by atoms with E-state index in [1.165, 1.54) is 0 Å². The predicted octanol–water partition coefficient (Wildman–Crippen LogP) is 3.78. The van der Waals surface area contributed by atoms with Crippen LogP contribution in [0.2, 0.25) is 0 Å². The predicted molar refractivity (Wildman–Crippen MR) is 82.5 cm³/mol. The van der Waals surface area contributed by atoms with Gasteiger partial charge in [-0.3, -0.25) is 10.1 Å². The lowest BCUT2D eigenvalue weighted by atomic mass is 10.1. The van der Waals surface area contributed by atoms with E-state index in [0.717, 1.165) is 9.64 Å². The molecule has 0 saturated carbocycles. The Bertz CT molecular complexity index is 736. The molecule has 0 spiro atoms. The third-order valence-corrected chi connectivity index (χ3v) is 3.60. The second-order valence-electron chi connectivity index (χ2n) is 4.02. The van der Waals surface area contributed by atoms with Gasteiger partial charge in [-0.05, 0) is 34.7 Å². The van der Waals surface area contributed by atoms with Gasteiger partial charge in [0, 0.05) is 15.7 Å². The van der Waals surface area contributed by atoms with Crippen LogP contribution in [0.5, 0.6) is 0 Å². The fourth-order valence-electron chi connectivity index (χ4n) is 1.68. The molecule has 0 unspecified atom stereocenters. The Morgan fingerprint density at radius 1 is 1.29 bits per heavy atom. The molecular formula is C13H8FIN2O4. The van der Waals surface area contributed by atoms with E-state index in [0.29, 0.717) is 11.8 Å². The van der Waals surface area contributed by atoms with Crippen molar-refractivity contribution in [1.82, 2.24) is 0 Å². The van der Waals surface area contributed by atoms with Crippen molar-refractivity contribution in [2.45, 2.75) is 0 Å². The minimum absolute atomic E-state index is 0.105. The number of para-hydroxylation sites is 1. The van der Waals surface area contributed by atoms with Crippen molar-refractivity contribution in [2.24, 2.45) is 0 Å². The van der Waals surface area contributed by atoms with Gasteiger partial charge in [-0.1, -0.05) is 12.1 Å². The summed E-state index contributed by atoms with van der Waals surface area (Å²) in [5, 5.41) is 22.6. The van der Waals surface area contributed by atoms with Gasteiger partial charge in [0.2, 0.25) is 0 Å². The number of nitrogens with one attached hydrogen (secondary N) is 1. The molecule has 2 N–H and O–H groups in total. The van der Waals surface area contributed by atoms with Crippen LogP contribution in [0.15, 0.2) is 36.4 Å². The molecule has 2 aromatic rings. The maximum Gasteiger partial charge on any atom is 0.338 e. The summed E-state index contributed by atoms with van der Waals surface area (Å²) in [5.74, 6) is -2.60. The molecule has 8 heteroatoms. The van der Waals surface area contributed by atoms with Crippen molar-refractivity contribution < 1.29 is 19.2 Å². The standard InChI is InChI=1S/C13H8FIN2O4/c14-8-6-11(16-10-4-2-1-3-9(10)15)12(17(20)21)5-7(8)13(18)19/h1-6,16H,(H,18,19). The molecule has 0 radical (unpaired) electrons. The summed E-state index contributed by atoms with van der Waals surface area (Å²) in [5.41, 5.74) is -0.793. The van der Waals surface area contributed by atoms with Gasteiger partial charge in [0.25, 0.3) is 5.69 Å². The molecule has 0 aliphatic heterocycles. The Kier molecular flexibility index (Phi) is 4.36. The summed E-state index contributed by atoms with van der Waals surface area (Å²) in [4.78, 5) is 21.1. The van der Waals surface area contributed by atoms with Crippen molar-refractivity contribution in [2.75, 3.05) is 5.32 Å². The lowest BCUT2D eigenvalue weighted by molar-refractivity contribution is -0.384. The number of carbonyl (C=O) groups is 1. The van der Waals surface area contributed by atoms with Crippen LogP contribution in [-0.2, 0) is 0 Å². The zero-order chi connectivity index (χ0) is 15.6. The second kappa shape index (κ2) is 6.04. The number of aromatic carboxylic acids is 1. The Morgan fingerprint density at radius 2 is 1.95 bits per heavy atom. The number of hydrogen-bond acceptors (Lipinski definition) is 4. The van der Waals surface area contributed by atoms with Crippen LogP contribution in [0.4, 0.5) is 21.5 Å². The van der Waals surface area contributed by atoms with E-state index in [2.05, 4.69) is 5.32 Å². The first-order valence-electron chi connectivity index (χ1n) is 5.63. The summed E-state index contributed by atoms with van der Waals surface area (Å²) >= 11 is 2.02. The molecule has 0 amide bonds. The van der Waals surface area contributed by atoms with E-state index >= 15 is 0 Å².